The molecule has 1 saturated carbocycles. The maximum atomic E-state index is 10.1. The number of hydrogen-bond acceptors (Lipinski definition) is 2. The molecule has 1 aliphatic carbocycles. The van der Waals surface area contributed by atoms with Crippen LogP contribution in [0.4, 0.5) is 0 Å². The van der Waals surface area contributed by atoms with Gasteiger partial charge in [0.25, 0.3) is 0 Å². The van der Waals surface area contributed by atoms with Crippen molar-refractivity contribution in [3.8, 4) is 0 Å². The Labute approximate surface area is 106 Å². The van der Waals surface area contributed by atoms with E-state index in [4.69, 9.17) is 0 Å². The van der Waals surface area contributed by atoms with Gasteiger partial charge in [-0.2, -0.15) is 0 Å². The van der Waals surface area contributed by atoms with Crippen LogP contribution in [0, 0.1) is 0 Å². The first-order chi connectivity index (χ1) is 7.83. The third-order valence-electron chi connectivity index (χ3n) is 4.71. The monoisotopic (exact) mass is 239 g/mol. The summed E-state index contributed by atoms with van der Waals surface area (Å²) in [5.41, 5.74) is 0.284. The number of hydrogen-bond donors (Lipinski definition) is 1. The number of likely N-dealkylation sites (tertiary alicyclic amines) is 1. The van der Waals surface area contributed by atoms with Crippen LogP contribution in [0.3, 0.4) is 0 Å². The van der Waals surface area contributed by atoms with E-state index in [9.17, 15) is 5.11 Å². The second-order valence-electron chi connectivity index (χ2n) is 7.35. The standard InChI is InChI=1S/C15H29NO/c1-14(2)10-13(17)11-15(3,4)16(14)12-8-6-5-7-9-12/h12-13,17H,5-11H2,1-4H3. The summed E-state index contributed by atoms with van der Waals surface area (Å²) in [6.07, 6.45) is 8.60. The normalized spacial score (nSPS) is 31.6. The number of rotatable bonds is 1. The highest BCUT2D eigenvalue weighted by Crippen LogP contribution is 2.42. The highest BCUT2D eigenvalue weighted by Gasteiger charge is 2.47. The molecular weight excluding hydrogens is 210 g/mol. The van der Waals surface area contributed by atoms with Crippen molar-refractivity contribution in [1.29, 1.82) is 0 Å². The van der Waals surface area contributed by atoms with Crippen LogP contribution < -0.4 is 0 Å². The highest BCUT2D eigenvalue weighted by molar-refractivity contribution is 5.03. The Morgan fingerprint density at radius 2 is 1.35 bits per heavy atom. The van der Waals surface area contributed by atoms with Crippen molar-refractivity contribution >= 4 is 0 Å². The molecule has 100 valence electrons. The molecule has 2 nitrogen and oxygen atoms in total. The Bertz CT molecular complexity index is 248. The van der Waals surface area contributed by atoms with Crippen molar-refractivity contribution in [3.05, 3.63) is 0 Å². The van der Waals surface area contributed by atoms with Gasteiger partial charge in [-0.3, -0.25) is 4.90 Å². The Hall–Kier alpha value is -0.0800. The summed E-state index contributed by atoms with van der Waals surface area (Å²) in [5.74, 6) is 0. The van der Waals surface area contributed by atoms with Gasteiger partial charge < -0.3 is 5.11 Å². The molecule has 0 aromatic carbocycles. The molecule has 0 bridgehead atoms. The lowest BCUT2D eigenvalue weighted by Crippen LogP contribution is -2.65. The van der Waals surface area contributed by atoms with Crippen molar-refractivity contribution in [1.82, 2.24) is 4.90 Å². The summed E-state index contributed by atoms with van der Waals surface area (Å²) in [5, 5.41) is 10.1. The molecule has 2 heteroatoms. The number of nitrogens with zero attached hydrogens (tertiary/aromatic N) is 1. The molecule has 0 spiro atoms. The molecular formula is C15H29NO. The van der Waals surface area contributed by atoms with Gasteiger partial charge in [0.15, 0.2) is 0 Å². The van der Waals surface area contributed by atoms with Crippen LogP contribution in [-0.2, 0) is 0 Å². The summed E-state index contributed by atoms with van der Waals surface area (Å²) < 4.78 is 0. The third kappa shape index (κ3) is 2.68. The summed E-state index contributed by atoms with van der Waals surface area (Å²) in [7, 11) is 0. The molecule has 0 aromatic heterocycles. The summed E-state index contributed by atoms with van der Waals surface area (Å²) >= 11 is 0. The minimum atomic E-state index is -0.125. The second kappa shape index (κ2) is 4.55. The van der Waals surface area contributed by atoms with Gasteiger partial charge in [0.05, 0.1) is 6.10 Å². The van der Waals surface area contributed by atoms with Crippen LogP contribution in [0.2, 0.25) is 0 Å². The first kappa shape index (κ1) is 13.4. The fraction of sp³-hybridized carbons (Fsp3) is 1.00. The zero-order valence-electron chi connectivity index (χ0n) is 12.0. The summed E-state index contributed by atoms with van der Waals surface area (Å²) in [6, 6.07) is 0.737. The summed E-state index contributed by atoms with van der Waals surface area (Å²) in [6.45, 7) is 9.24. The maximum Gasteiger partial charge on any atom is 0.0575 e. The Balaban J connectivity index is 2.21. The van der Waals surface area contributed by atoms with Crippen LogP contribution in [0.25, 0.3) is 0 Å². The lowest BCUT2D eigenvalue weighted by atomic mass is 9.75. The second-order valence-corrected chi connectivity index (χ2v) is 7.35. The van der Waals surface area contributed by atoms with Crippen LogP contribution in [-0.4, -0.2) is 33.2 Å². The van der Waals surface area contributed by atoms with E-state index in [0.29, 0.717) is 0 Å². The minimum Gasteiger partial charge on any atom is -0.393 e. The molecule has 0 radical (unpaired) electrons. The lowest BCUT2D eigenvalue weighted by Gasteiger charge is -2.58. The predicted octanol–water partition coefficient (Wildman–Crippen LogP) is 3.33. The largest absolute Gasteiger partial charge is 0.393 e. The first-order valence-electron chi connectivity index (χ1n) is 7.30. The van der Waals surface area contributed by atoms with Gasteiger partial charge in [-0.05, 0) is 53.4 Å². The molecule has 1 N–H and O–H groups in total. The van der Waals surface area contributed by atoms with Crippen molar-refractivity contribution < 1.29 is 5.11 Å². The van der Waals surface area contributed by atoms with E-state index in [-0.39, 0.29) is 17.2 Å². The fourth-order valence-electron chi connectivity index (χ4n) is 4.57. The highest BCUT2D eigenvalue weighted by atomic mass is 16.3. The zero-order valence-corrected chi connectivity index (χ0v) is 12.0. The molecule has 0 aromatic rings. The van der Waals surface area contributed by atoms with E-state index in [1.54, 1.807) is 0 Å². The van der Waals surface area contributed by atoms with Gasteiger partial charge in [0.2, 0.25) is 0 Å². The molecule has 2 rings (SSSR count). The Kier molecular flexibility index (Phi) is 3.57. The molecule has 2 fully saturated rings. The van der Waals surface area contributed by atoms with E-state index in [1.165, 1.54) is 32.1 Å². The van der Waals surface area contributed by atoms with Gasteiger partial charge in [0, 0.05) is 17.1 Å². The van der Waals surface area contributed by atoms with E-state index in [1.807, 2.05) is 0 Å². The molecule has 0 amide bonds. The lowest BCUT2D eigenvalue weighted by molar-refractivity contribution is -0.111. The molecule has 17 heavy (non-hydrogen) atoms. The molecule has 1 heterocycles. The SMILES string of the molecule is CC1(C)CC(O)CC(C)(C)N1C1CCCCC1. The smallest absolute Gasteiger partial charge is 0.0575 e. The topological polar surface area (TPSA) is 23.5 Å². The van der Waals surface area contributed by atoms with Crippen LogP contribution in [0.1, 0.15) is 72.6 Å². The van der Waals surface area contributed by atoms with Crippen molar-refractivity contribution in [2.75, 3.05) is 0 Å². The van der Waals surface area contributed by atoms with E-state index in [0.717, 1.165) is 18.9 Å². The van der Waals surface area contributed by atoms with Crippen LogP contribution in [0.5, 0.6) is 0 Å². The van der Waals surface area contributed by atoms with E-state index >= 15 is 0 Å². The molecule has 2 aliphatic rings. The average molecular weight is 239 g/mol. The van der Waals surface area contributed by atoms with Crippen LogP contribution >= 0.6 is 0 Å². The van der Waals surface area contributed by atoms with Crippen molar-refractivity contribution in [2.45, 2.75) is 95.9 Å². The van der Waals surface area contributed by atoms with E-state index in [2.05, 4.69) is 32.6 Å². The number of aliphatic hydroxyl groups is 1. The van der Waals surface area contributed by atoms with Gasteiger partial charge in [0.1, 0.15) is 0 Å². The van der Waals surface area contributed by atoms with Crippen LogP contribution in [0.15, 0.2) is 0 Å². The Morgan fingerprint density at radius 1 is 0.882 bits per heavy atom. The van der Waals surface area contributed by atoms with Gasteiger partial charge in [-0.1, -0.05) is 19.3 Å². The molecule has 1 saturated heterocycles. The van der Waals surface area contributed by atoms with Crippen molar-refractivity contribution in [3.63, 3.8) is 0 Å². The van der Waals surface area contributed by atoms with Gasteiger partial charge >= 0.3 is 0 Å². The first-order valence-corrected chi connectivity index (χ1v) is 7.30. The predicted molar refractivity (Wildman–Crippen MR) is 72.1 cm³/mol. The quantitative estimate of drug-likeness (QED) is 0.758. The third-order valence-corrected chi connectivity index (χ3v) is 4.71. The zero-order chi connectivity index (χ0) is 12.7. The number of aliphatic hydroxyl groups excluding tert-OH is 1. The molecule has 1 aliphatic heterocycles. The minimum absolute atomic E-state index is 0.125. The maximum absolute atomic E-state index is 10.1. The number of piperidine rings is 1. The van der Waals surface area contributed by atoms with Gasteiger partial charge in [-0.15, -0.1) is 0 Å². The Morgan fingerprint density at radius 3 is 1.82 bits per heavy atom. The van der Waals surface area contributed by atoms with Gasteiger partial charge in [-0.25, -0.2) is 0 Å². The molecule has 0 atom stereocenters. The van der Waals surface area contributed by atoms with Crippen molar-refractivity contribution in [2.24, 2.45) is 0 Å². The summed E-state index contributed by atoms with van der Waals surface area (Å²) in [4.78, 5) is 2.73. The molecule has 0 unspecified atom stereocenters. The average Bonchev–Trinajstić information content (AvgIpc) is 2.14. The fourth-order valence-corrected chi connectivity index (χ4v) is 4.57. The van der Waals surface area contributed by atoms with E-state index < -0.39 is 0 Å².